The van der Waals surface area contributed by atoms with Crippen LogP contribution in [0.5, 0.6) is 0 Å². The molecule has 1 aliphatic heterocycles. The number of hydrogen-bond donors (Lipinski definition) is 1. The van der Waals surface area contributed by atoms with Crippen molar-refractivity contribution in [3.05, 3.63) is 0 Å². The molecule has 0 aromatic carbocycles. The molecule has 0 spiro atoms. The van der Waals surface area contributed by atoms with Gasteiger partial charge in [0.2, 0.25) is 10.0 Å². The summed E-state index contributed by atoms with van der Waals surface area (Å²) in [5.74, 6) is 1.05. The zero-order chi connectivity index (χ0) is 14.5. The Bertz CT molecular complexity index is 357. The summed E-state index contributed by atoms with van der Waals surface area (Å²) >= 11 is 0. The fourth-order valence-corrected chi connectivity index (χ4v) is 3.74. The van der Waals surface area contributed by atoms with Gasteiger partial charge in [-0.3, -0.25) is 0 Å². The Morgan fingerprint density at radius 3 is 2.63 bits per heavy atom. The van der Waals surface area contributed by atoms with Crippen LogP contribution in [-0.2, 0) is 10.0 Å². The minimum absolute atomic E-state index is 0.439. The van der Waals surface area contributed by atoms with Crippen molar-refractivity contribution in [3.8, 4) is 0 Å². The van der Waals surface area contributed by atoms with Gasteiger partial charge in [-0.1, -0.05) is 13.8 Å². The predicted octanol–water partition coefficient (Wildman–Crippen LogP) is 0.575. The first kappa shape index (κ1) is 16.9. The lowest BCUT2D eigenvalue weighted by Gasteiger charge is -2.35. The molecule has 0 radical (unpaired) electrons. The van der Waals surface area contributed by atoms with Gasteiger partial charge in [0, 0.05) is 39.3 Å². The van der Waals surface area contributed by atoms with Crippen molar-refractivity contribution in [2.24, 2.45) is 17.6 Å². The van der Waals surface area contributed by atoms with Gasteiger partial charge in [-0.15, -0.1) is 0 Å². The average molecular weight is 291 g/mol. The molecule has 1 aliphatic rings. The molecule has 0 aliphatic carbocycles. The first-order valence-corrected chi connectivity index (χ1v) is 9.05. The van der Waals surface area contributed by atoms with Crippen molar-refractivity contribution in [1.82, 2.24) is 9.21 Å². The molecule has 0 aromatic rings. The average Bonchev–Trinajstić information content (AvgIpc) is 2.27. The zero-order valence-electron chi connectivity index (χ0n) is 12.5. The normalized spacial score (nSPS) is 22.3. The van der Waals surface area contributed by atoms with E-state index in [-0.39, 0.29) is 0 Å². The van der Waals surface area contributed by atoms with Gasteiger partial charge in [-0.25, -0.2) is 12.7 Å². The van der Waals surface area contributed by atoms with Gasteiger partial charge >= 0.3 is 0 Å². The maximum atomic E-state index is 11.6. The van der Waals surface area contributed by atoms with E-state index in [0.29, 0.717) is 31.5 Å². The van der Waals surface area contributed by atoms with Crippen molar-refractivity contribution in [2.45, 2.75) is 26.7 Å². The molecule has 1 fully saturated rings. The lowest BCUT2D eigenvalue weighted by atomic mass is 9.98. The quantitative estimate of drug-likeness (QED) is 0.745. The van der Waals surface area contributed by atoms with Crippen LogP contribution in [0, 0.1) is 11.8 Å². The molecule has 2 N–H and O–H groups in total. The lowest BCUT2D eigenvalue weighted by molar-refractivity contribution is 0.169. The third kappa shape index (κ3) is 6.21. The summed E-state index contributed by atoms with van der Waals surface area (Å²) in [5, 5.41) is 0. The number of nitrogens with two attached hydrogens (primary N) is 1. The highest BCUT2D eigenvalue weighted by atomic mass is 32.2. The van der Waals surface area contributed by atoms with Crippen LogP contribution < -0.4 is 5.73 Å². The lowest BCUT2D eigenvalue weighted by Crippen LogP contribution is -2.44. The number of piperidine rings is 1. The van der Waals surface area contributed by atoms with E-state index < -0.39 is 10.0 Å². The number of nitrogens with zero attached hydrogens (tertiary/aromatic N) is 2. The van der Waals surface area contributed by atoms with Crippen LogP contribution >= 0.6 is 0 Å². The van der Waals surface area contributed by atoms with E-state index in [1.165, 1.54) is 6.26 Å². The SMILES string of the molecule is CC(C)CN(CCN)CC1CCCN(S(C)(=O)=O)C1. The van der Waals surface area contributed by atoms with Crippen LogP contribution in [0.25, 0.3) is 0 Å². The molecular weight excluding hydrogens is 262 g/mol. The largest absolute Gasteiger partial charge is 0.329 e. The molecule has 0 amide bonds. The second-order valence-corrected chi connectivity index (χ2v) is 8.05. The molecule has 0 saturated carbocycles. The molecule has 1 rings (SSSR count). The van der Waals surface area contributed by atoms with Crippen LogP contribution in [0.1, 0.15) is 26.7 Å². The first-order chi connectivity index (χ1) is 8.82. The molecule has 0 bridgehead atoms. The molecule has 1 atom stereocenters. The summed E-state index contributed by atoms with van der Waals surface area (Å²) in [6.45, 7) is 9.30. The molecule has 0 aromatic heterocycles. The number of rotatable bonds is 7. The Hall–Kier alpha value is -0.170. The minimum atomic E-state index is -3.04. The van der Waals surface area contributed by atoms with E-state index >= 15 is 0 Å². The van der Waals surface area contributed by atoms with Crippen molar-refractivity contribution in [3.63, 3.8) is 0 Å². The van der Waals surface area contributed by atoms with E-state index in [1.807, 2.05) is 0 Å². The maximum absolute atomic E-state index is 11.6. The summed E-state index contributed by atoms with van der Waals surface area (Å²) in [6.07, 6.45) is 3.39. The highest BCUT2D eigenvalue weighted by molar-refractivity contribution is 7.88. The van der Waals surface area contributed by atoms with Gasteiger partial charge in [-0.2, -0.15) is 0 Å². The van der Waals surface area contributed by atoms with Gasteiger partial charge in [0.1, 0.15) is 0 Å². The van der Waals surface area contributed by atoms with E-state index in [2.05, 4.69) is 18.7 Å². The van der Waals surface area contributed by atoms with Crippen LogP contribution in [0.15, 0.2) is 0 Å². The smallest absolute Gasteiger partial charge is 0.211 e. The maximum Gasteiger partial charge on any atom is 0.211 e. The summed E-state index contributed by atoms with van der Waals surface area (Å²) in [4.78, 5) is 2.38. The van der Waals surface area contributed by atoms with Crippen LogP contribution in [-0.4, -0.2) is 63.1 Å². The fraction of sp³-hybridized carbons (Fsp3) is 1.00. The fourth-order valence-electron chi connectivity index (χ4n) is 2.80. The highest BCUT2D eigenvalue weighted by Crippen LogP contribution is 2.20. The molecular formula is C13H29N3O2S. The van der Waals surface area contributed by atoms with Gasteiger partial charge < -0.3 is 10.6 Å². The topological polar surface area (TPSA) is 66.6 Å². The number of hydrogen-bond acceptors (Lipinski definition) is 4. The van der Waals surface area contributed by atoms with Gasteiger partial charge in [0.15, 0.2) is 0 Å². The van der Waals surface area contributed by atoms with Crippen LogP contribution in [0.3, 0.4) is 0 Å². The Morgan fingerprint density at radius 2 is 2.11 bits per heavy atom. The van der Waals surface area contributed by atoms with E-state index in [4.69, 9.17) is 5.73 Å². The Balaban J connectivity index is 2.54. The zero-order valence-corrected chi connectivity index (χ0v) is 13.3. The summed E-state index contributed by atoms with van der Waals surface area (Å²) in [6, 6.07) is 0. The summed E-state index contributed by atoms with van der Waals surface area (Å²) in [7, 11) is -3.04. The Morgan fingerprint density at radius 1 is 1.42 bits per heavy atom. The summed E-state index contributed by atoms with van der Waals surface area (Å²) < 4.78 is 24.8. The molecule has 19 heavy (non-hydrogen) atoms. The van der Waals surface area contributed by atoms with Gasteiger partial charge in [-0.05, 0) is 24.7 Å². The number of sulfonamides is 1. The molecule has 6 heteroatoms. The summed E-state index contributed by atoms with van der Waals surface area (Å²) in [5.41, 5.74) is 5.66. The van der Waals surface area contributed by atoms with Gasteiger partial charge in [0.05, 0.1) is 6.26 Å². The van der Waals surface area contributed by atoms with E-state index in [1.54, 1.807) is 4.31 Å². The Kier molecular flexibility index (Phi) is 6.73. The Labute approximate surface area is 118 Å². The second-order valence-electron chi connectivity index (χ2n) is 6.07. The van der Waals surface area contributed by atoms with Crippen molar-refractivity contribution in [1.29, 1.82) is 0 Å². The first-order valence-electron chi connectivity index (χ1n) is 7.20. The van der Waals surface area contributed by atoms with Gasteiger partial charge in [0.25, 0.3) is 0 Å². The molecule has 5 nitrogen and oxygen atoms in total. The van der Waals surface area contributed by atoms with Crippen molar-refractivity contribution < 1.29 is 8.42 Å². The molecule has 1 heterocycles. The van der Waals surface area contributed by atoms with Crippen LogP contribution in [0.2, 0.25) is 0 Å². The standard InChI is InChI=1S/C13H29N3O2S/c1-12(2)9-15(8-6-14)10-13-5-4-7-16(11-13)19(3,17)18/h12-13H,4-11,14H2,1-3H3. The van der Waals surface area contributed by atoms with E-state index in [9.17, 15) is 8.42 Å². The third-order valence-corrected chi connectivity index (χ3v) is 4.81. The monoisotopic (exact) mass is 291 g/mol. The van der Waals surface area contributed by atoms with Crippen molar-refractivity contribution >= 4 is 10.0 Å². The second kappa shape index (κ2) is 7.57. The molecule has 1 unspecified atom stereocenters. The molecule has 114 valence electrons. The predicted molar refractivity (Wildman–Crippen MR) is 79.5 cm³/mol. The highest BCUT2D eigenvalue weighted by Gasteiger charge is 2.27. The van der Waals surface area contributed by atoms with Crippen molar-refractivity contribution in [2.75, 3.05) is 45.5 Å². The van der Waals surface area contributed by atoms with Crippen LogP contribution in [0.4, 0.5) is 0 Å². The third-order valence-electron chi connectivity index (χ3n) is 3.54. The minimum Gasteiger partial charge on any atom is -0.329 e. The molecule has 1 saturated heterocycles. The van der Waals surface area contributed by atoms with E-state index in [0.717, 1.165) is 32.5 Å².